The van der Waals surface area contributed by atoms with Crippen molar-refractivity contribution < 1.29 is 22.4 Å². The number of pyridine rings is 1. The third-order valence-electron chi connectivity index (χ3n) is 5.35. The Morgan fingerprint density at radius 3 is 2.56 bits per heavy atom. The van der Waals surface area contributed by atoms with E-state index in [-0.39, 0.29) is 33.8 Å². The minimum Gasteiger partial charge on any atom is -0.348 e. The first-order valence-corrected chi connectivity index (χ1v) is 10.6. The van der Waals surface area contributed by atoms with Gasteiger partial charge in [0, 0.05) is 34.5 Å². The first-order chi connectivity index (χ1) is 16.1. The SMILES string of the molecule is O=C1NCc2c1ccnc2-c1cc(-c2cc(Cl)cc(C(F)(F)F)c2)n(-c2ccc(F)c(Cl)c2)n1. The van der Waals surface area contributed by atoms with Crippen molar-refractivity contribution in [3.05, 3.63) is 87.3 Å². The average Bonchev–Trinajstić information content (AvgIpc) is 3.39. The van der Waals surface area contributed by atoms with E-state index in [1.165, 1.54) is 35.1 Å². The molecule has 0 radical (unpaired) electrons. The maximum Gasteiger partial charge on any atom is 0.416 e. The van der Waals surface area contributed by atoms with E-state index in [0.29, 0.717) is 28.2 Å². The van der Waals surface area contributed by atoms with Crippen molar-refractivity contribution in [2.24, 2.45) is 0 Å². The van der Waals surface area contributed by atoms with Gasteiger partial charge in [-0.15, -0.1) is 0 Å². The fraction of sp³-hybridized carbons (Fsp3) is 0.0870. The third kappa shape index (κ3) is 3.91. The molecule has 0 unspecified atom stereocenters. The van der Waals surface area contributed by atoms with Crippen molar-refractivity contribution >= 4 is 29.1 Å². The van der Waals surface area contributed by atoms with Crippen LogP contribution in [0.2, 0.25) is 10.0 Å². The molecule has 5 nitrogen and oxygen atoms in total. The molecule has 0 bridgehead atoms. The highest BCUT2D eigenvalue weighted by Gasteiger charge is 2.32. The monoisotopic (exact) mass is 506 g/mol. The molecule has 34 heavy (non-hydrogen) atoms. The van der Waals surface area contributed by atoms with Crippen LogP contribution < -0.4 is 5.32 Å². The average molecular weight is 507 g/mol. The number of fused-ring (bicyclic) bond motifs is 1. The van der Waals surface area contributed by atoms with Gasteiger partial charge in [-0.25, -0.2) is 9.07 Å². The van der Waals surface area contributed by atoms with Gasteiger partial charge in [0.25, 0.3) is 5.91 Å². The van der Waals surface area contributed by atoms with E-state index in [2.05, 4.69) is 15.4 Å². The Morgan fingerprint density at radius 2 is 1.82 bits per heavy atom. The van der Waals surface area contributed by atoms with Crippen LogP contribution >= 0.6 is 23.2 Å². The number of nitrogens with zero attached hydrogens (tertiary/aromatic N) is 3. The molecule has 2 aromatic heterocycles. The Labute approximate surface area is 199 Å². The zero-order valence-electron chi connectivity index (χ0n) is 16.9. The first-order valence-electron chi connectivity index (χ1n) is 9.82. The van der Waals surface area contributed by atoms with Gasteiger partial charge < -0.3 is 5.32 Å². The van der Waals surface area contributed by atoms with Crippen LogP contribution in [0.1, 0.15) is 21.5 Å². The maximum atomic E-state index is 13.8. The largest absolute Gasteiger partial charge is 0.416 e. The van der Waals surface area contributed by atoms with Crippen LogP contribution in [-0.4, -0.2) is 20.7 Å². The molecule has 0 aliphatic carbocycles. The summed E-state index contributed by atoms with van der Waals surface area (Å²) in [5, 5.41) is 6.94. The molecular weight excluding hydrogens is 495 g/mol. The summed E-state index contributed by atoms with van der Waals surface area (Å²) in [5.74, 6) is -0.915. The number of carbonyl (C=O) groups is 1. The van der Waals surface area contributed by atoms with E-state index in [0.717, 1.165) is 18.2 Å². The topological polar surface area (TPSA) is 59.8 Å². The van der Waals surface area contributed by atoms with Crippen molar-refractivity contribution in [2.75, 3.05) is 0 Å². The smallest absolute Gasteiger partial charge is 0.348 e. The van der Waals surface area contributed by atoms with Gasteiger partial charge in [-0.1, -0.05) is 23.2 Å². The highest BCUT2D eigenvalue weighted by Crippen LogP contribution is 2.37. The predicted octanol–water partition coefficient (Wildman–Crippen LogP) is 6.31. The van der Waals surface area contributed by atoms with E-state index in [1.807, 2.05) is 0 Å². The normalized spacial score (nSPS) is 13.2. The van der Waals surface area contributed by atoms with E-state index in [9.17, 15) is 22.4 Å². The molecule has 1 aliphatic rings. The molecule has 0 atom stereocenters. The number of rotatable bonds is 3. The zero-order chi connectivity index (χ0) is 24.2. The van der Waals surface area contributed by atoms with Gasteiger partial charge >= 0.3 is 6.18 Å². The lowest BCUT2D eigenvalue weighted by Crippen LogP contribution is -2.12. The van der Waals surface area contributed by atoms with E-state index < -0.39 is 17.6 Å². The lowest BCUT2D eigenvalue weighted by atomic mass is 10.0. The second kappa shape index (κ2) is 8.11. The van der Waals surface area contributed by atoms with Gasteiger partial charge in [0.2, 0.25) is 0 Å². The summed E-state index contributed by atoms with van der Waals surface area (Å²) in [6.07, 6.45) is -3.17. The van der Waals surface area contributed by atoms with Crippen molar-refractivity contribution in [3.8, 4) is 28.3 Å². The molecule has 11 heteroatoms. The number of hydrogen-bond donors (Lipinski definition) is 1. The number of benzene rings is 2. The van der Waals surface area contributed by atoms with E-state index in [4.69, 9.17) is 23.2 Å². The van der Waals surface area contributed by atoms with Crippen LogP contribution in [0.4, 0.5) is 17.6 Å². The molecule has 172 valence electrons. The van der Waals surface area contributed by atoms with Gasteiger partial charge in [-0.05, 0) is 48.5 Å². The summed E-state index contributed by atoms with van der Waals surface area (Å²) >= 11 is 12.0. The summed E-state index contributed by atoms with van der Waals surface area (Å²) in [7, 11) is 0. The van der Waals surface area contributed by atoms with Crippen molar-refractivity contribution in [1.29, 1.82) is 0 Å². The van der Waals surface area contributed by atoms with Crippen molar-refractivity contribution in [3.63, 3.8) is 0 Å². The predicted molar refractivity (Wildman–Crippen MR) is 118 cm³/mol. The van der Waals surface area contributed by atoms with E-state index in [1.54, 1.807) is 6.07 Å². The van der Waals surface area contributed by atoms with Crippen LogP contribution in [0.3, 0.4) is 0 Å². The minimum atomic E-state index is -4.62. The zero-order valence-corrected chi connectivity index (χ0v) is 18.4. The Hall–Kier alpha value is -3.43. The first kappa shape index (κ1) is 22.4. The van der Waals surface area contributed by atoms with Gasteiger partial charge in [-0.2, -0.15) is 18.3 Å². The standard InChI is InChI=1S/C23H12Cl2F4N4O/c24-13-6-11(5-12(7-13)23(27,28)29)20-9-19(21-16-10-31-22(34)15(16)3-4-30-21)32-33(20)14-1-2-18(26)17(25)8-14/h1-9H,10H2,(H,31,34). The molecule has 5 rings (SSSR count). The molecule has 1 N–H and O–H groups in total. The molecule has 1 aliphatic heterocycles. The lowest BCUT2D eigenvalue weighted by molar-refractivity contribution is -0.137. The van der Waals surface area contributed by atoms with Crippen LogP contribution in [0.15, 0.2) is 54.7 Å². The molecule has 2 aromatic carbocycles. The summed E-state index contributed by atoms with van der Waals surface area (Å²) in [4.78, 5) is 16.4. The molecule has 0 saturated heterocycles. The van der Waals surface area contributed by atoms with Gasteiger partial charge in [0.1, 0.15) is 11.5 Å². The number of alkyl halides is 3. The van der Waals surface area contributed by atoms with E-state index >= 15 is 0 Å². The quantitative estimate of drug-likeness (QED) is 0.331. The summed E-state index contributed by atoms with van der Waals surface area (Å²) in [6, 6.07) is 10.1. The molecule has 0 fully saturated rings. The van der Waals surface area contributed by atoms with Crippen LogP contribution in [0, 0.1) is 5.82 Å². The Morgan fingerprint density at radius 1 is 1.03 bits per heavy atom. The third-order valence-corrected chi connectivity index (χ3v) is 5.85. The van der Waals surface area contributed by atoms with Crippen LogP contribution in [-0.2, 0) is 12.7 Å². The minimum absolute atomic E-state index is 0.121. The summed E-state index contributed by atoms with van der Waals surface area (Å²) in [5.41, 5.74) is 1.48. The Balaban J connectivity index is 1.75. The lowest BCUT2D eigenvalue weighted by Gasteiger charge is -2.12. The van der Waals surface area contributed by atoms with Gasteiger partial charge in [-0.3, -0.25) is 9.78 Å². The van der Waals surface area contributed by atoms with Crippen LogP contribution in [0.5, 0.6) is 0 Å². The molecule has 0 spiro atoms. The molecule has 0 saturated carbocycles. The highest BCUT2D eigenvalue weighted by molar-refractivity contribution is 6.31. The fourth-order valence-electron chi connectivity index (χ4n) is 3.79. The number of amides is 1. The molecule has 4 aromatic rings. The second-order valence-electron chi connectivity index (χ2n) is 7.52. The number of aromatic nitrogens is 3. The maximum absolute atomic E-state index is 13.8. The number of halogens is 6. The number of nitrogens with one attached hydrogen (secondary N) is 1. The van der Waals surface area contributed by atoms with Crippen molar-refractivity contribution in [2.45, 2.75) is 12.7 Å². The second-order valence-corrected chi connectivity index (χ2v) is 8.36. The Bertz CT molecular complexity index is 1470. The Kier molecular flexibility index (Phi) is 5.33. The molecule has 3 heterocycles. The highest BCUT2D eigenvalue weighted by atomic mass is 35.5. The van der Waals surface area contributed by atoms with Crippen molar-refractivity contribution in [1.82, 2.24) is 20.1 Å². The van der Waals surface area contributed by atoms with Gasteiger partial charge in [0.15, 0.2) is 0 Å². The summed E-state index contributed by atoms with van der Waals surface area (Å²) in [6.45, 7) is 0.233. The molecular formula is C23H12Cl2F4N4O. The summed E-state index contributed by atoms with van der Waals surface area (Å²) < 4.78 is 55.5. The van der Waals surface area contributed by atoms with Crippen LogP contribution in [0.25, 0.3) is 28.3 Å². The molecule has 1 amide bonds. The fourth-order valence-corrected chi connectivity index (χ4v) is 4.20. The number of hydrogen-bond acceptors (Lipinski definition) is 3. The van der Waals surface area contributed by atoms with Gasteiger partial charge in [0.05, 0.1) is 27.7 Å². The number of carbonyl (C=O) groups excluding carboxylic acids is 1.